The topological polar surface area (TPSA) is 97.5 Å². The van der Waals surface area contributed by atoms with Gasteiger partial charge >= 0.3 is 0 Å². The summed E-state index contributed by atoms with van der Waals surface area (Å²) in [5.41, 5.74) is 5.90. The summed E-state index contributed by atoms with van der Waals surface area (Å²) < 4.78 is 13.2. The quantitative estimate of drug-likeness (QED) is 0.219. The molecule has 1 aliphatic carbocycles. The second-order valence-corrected chi connectivity index (χ2v) is 13.1. The predicted octanol–water partition coefficient (Wildman–Crippen LogP) is 6.20. The first-order chi connectivity index (χ1) is 21.8. The molecule has 234 valence electrons. The standard InChI is InChI=1S/C33H33Cl3N6O3/c1-18-29(32(36)41(2)39-18)27-13-24(45-40-27)17-44-23-10-6-19(7-11-23)25-12-21-14-37-15-28(38-21)30(25)33(43)42(22-8-9-22)16-20-4-3-5-26(34)31(20)35/h3-7,10-11,13,21-22,28,37-38H,8-9,12,14-17H2,1-2H3. The molecule has 0 radical (unpaired) electrons. The normalized spacial score (nSPS) is 19.6. The average Bonchev–Trinajstić information content (AvgIpc) is 3.71. The predicted molar refractivity (Wildman–Crippen MR) is 174 cm³/mol. The van der Waals surface area contributed by atoms with Gasteiger partial charge in [-0.3, -0.25) is 9.48 Å². The van der Waals surface area contributed by atoms with E-state index in [-0.39, 0.29) is 30.6 Å². The minimum atomic E-state index is -0.0791. The summed E-state index contributed by atoms with van der Waals surface area (Å²) in [6.07, 6.45) is 2.72. The number of halogens is 3. The molecule has 2 bridgehead atoms. The van der Waals surface area contributed by atoms with Crippen LogP contribution in [0.1, 0.15) is 41.8 Å². The second kappa shape index (κ2) is 12.5. The van der Waals surface area contributed by atoms with E-state index < -0.39 is 0 Å². The molecule has 2 unspecified atom stereocenters. The van der Waals surface area contributed by atoms with Crippen LogP contribution < -0.4 is 15.4 Å². The maximum atomic E-state index is 14.4. The Labute approximate surface area is 276 Å². The molecule has 2 aromatic carbocycles. The van der Waals surface area contributed by atoms with Crippen LogP contribution in [-0.4, -0.2) is 57.0 Å². The van der Waals surface area contributed by atoms with Crippen molar-refractivity contribution in [3.8, 4) is 17.0 Å². The molecule has 9 nitrogen and oxygen atoms in total. The van der Waals surface area contributed by atoms with Crippen LogP contribution in [0.4, 0.5) is 0 Å². The lowest BCUT2D eigenvalue weighted by Crippen LogP contribution is -2.60. The van der Waals surface area contributed by atoms with Crippen molar-refractivity contribution < 1.29 is 14.1 Å². The van der Waals surface area contributed by atoms with Gasteiger partial charge in [-0.05, 0) is 61.1 Å². The van der Waals surface area contributed by atoms with Crippen LogP contribution in [0, 0.1) is 6.92 Å². The first kappa shape index (κ1) is 30.3. The Morgan fingerprint density at radius 3 is 2.67 bits per heavy atom. The number of piperazine rings is 1. The molecule has 2 aromatic heterocycles. The fraction of sp³-hybridized carbons (Fsp3) is 0.364. The number of rotatable bonds is 9. The fourth-order valence-corrected chi connectivity index (χ4v) is 6.98. The van der Waals surface area contributed by atoms with Gasteiger partial charge in [0, 0.05) is 50.4 Å². The molecule has 45 heavy (non-hydrogen) atoms. The van der Waals surface area contributed by atoms with Crippen molar-refractivity contribution in [3.05, 3.63) is 91.9 Å². The number of benzene rings is 2. The molecule has 1 saturated heterocycles. The largest absolute Gasteiger partial charge is 0.486 e. The molecule has 2 aliphatic heterocycles. The van der Waals surface area contributed by atoms with Gasteiger partial charge in [0.25, 0.3) is 5.91 Å². The van der Waals surface area contributed by atoms with E-state index in [2.05, 4.69) is 20.9 Å². The van der Waals surface area contributed by atoms with Crippen molar-refractivity contribution in [2.75, 3.05) is 13.1 Å². The summed E-state index contributed by atoms with van der Waals surface area (Å²) in [6.45, 7) is 4.06. The number of hydrogen-bond donors (Lipinski definition) is 2. The van der Waals surface area contributed by atoms with Gasteiger partial charge in [-0.2, -0.15) is 5.10 Å². The molecule has 4 heterocycles. The van der Waals surface area contributed by atoms with Crippen molar-refractivity contribution in [2.45, 2.75) is 57.5 Å². The van der Waals surface area contributed by atoms with E-state index in [1.807, 2.05) is 54.3 Å². The van der Waals surface area contributed by atoms with Crippen molar-refractivity contribution in [2.24, 2.45) is 7.05 Å². The number of aromatic nitrogens is 3. The number of carbonyl (C=O) groups is 1. The molecule has 2 fully saturated rings. The van der Waals surface area contributed by atoms with Crippen LogP contribution in [0.5, 0.6) is 5.75 Å². The zero-order chi connectivity index (χ0) is 31.2. The molecule has 3 aliphatic rings. The van der Waals surface area contributed by atoms with Gasteiger partial charge in [-0.25, -0.2) is 0 Å². The first-order valence-electron chi connectivity index (χ1n) is 15.1. The number of amides is 1. The third-order valence-corrected chi connectivity index (χ3v) is 9.99. The van der Waals surface area contributed by atoms with Gasteiger partial charge in [0.15, 0.2) is 5.76 Å². The lowest BCUT2D eigenvalue weighted by atomic mass is 9.83. The number of ether oxygens (including phenoxy) is 1. The molecular formula is C33H33Cl3N6O3. The van der Waals surface area contributed by atoms with Crippen molar-refractivity contribution in [3.63, 3.8) is 0 Å². The number of fused-ring (bicyclic) bond motifs is 2. The lowest BCUT2D eigenvalue weighted by molar-refractivity contribution is -0.128. The SMILES string of the molecule is Cc1nn(C)c(Cl)c1-c1cc(COc2ccc(C3=C(C(=O)N(Cc4cccc(Cl)c4Cl)C4CC4)C4CNCC(C3)N4)cc2)on1. The van der Waals surface area contributed by atoms with E-state index in [0.29, 0.717) is 45.5 Å². The molecule has 12 heteroatoms. The molecule has 2 N–H and O–H groups in total. The van der Waals surface area contributed by atoms with Gasteiger partial charge in [0.2, 0.25) is 0 Å². The Bertz CT molecular complexity index is 1780. The van der Waals surface area contributed by atoms with Crippen LogP contribution in [0.15, 0.2) is 58.6 Å². The summed E-state index contributed by atoms with van der Waals surface area (Å²) in [7, 11) is 1.79. The van der Waals surface area contributed by atoms with Crippen LogP contribution in [0.25, 0.3) is 16.8 Å². The van der Waals surface area contributed by atoms with Crippen LogP contribution >= 0.6 is 34.8 Å². The monoisotopic (exact) mass is 666 g/mol. The first-order valence-corrected chi connectivity index (χ1v) is 16.2. The van der Waals surface area contributed by atoms with Crippen molar-refractivity contribution in [1.82, 2.24) is 30.5 Å². The van der Waals surface area contributed by atoms with Crippen LogP contribution in [0.3, 0.4) is 0 Å². The summed E-state index contributed by atoms with van der Waals surface area (Å²) in [4.78, 5) is 16.4. The fourth-order valence-electron chi connectivity index (χ4n) is 6.33. The Kier molecular flexibility index (Phi) is 8.39. The Morgan fingerprint density at radius 1 is 1.13 bits per heavy atom. The second-order valence-electron chi connectivity index (χ2n) is 11.9. The number of hydrogen-bond acceptors (Lipinski definition) is 7. The smallest absolute Gasteiger partial charge is 0.252 e. The number of nitrogens with one attached hydrogen (secondary N) is 2. The van der Waals surface area contributed by atoms with E-state index in [0.717, 1.165) is 59.3 Å². The number of aryl methyl sites for hydroxylation is 2. The molecule has 2 atom stereocenters. The summed E-state index contributed by atoms with van der Waals surface area (Å²) in [5.74, 6) is 1.31. The van der Waals surface area contributed by atoms with E-state index in [1.165, 1.54) is 0 Å². The van der Waals surface area contributed by atoms with Gasteiger partial charge < -0.3 is 24.8 Å². The summed E-state index contributed by atoms with van der Waals surface area (Å²) in [6, 6.07) is 15.7. The molecule has 7 rings (SSSR count). The highest BCUT2D eigenvalue weighted by atomic mass is 35.5. The van der Waals surface area contributed by atoms with Gasteiger partial charge in [0.05, 0.1) is 27.3 Å². The van der Waals surface area contributed by atoms with Crippen LogP contribution in [0.2, 0.25) is 15.2 Å². The maximum Gasteiger partial charge on any atom is 0.252 e. The highest BCUT2D eigenvalue weighted by molar-refractivity contribution is 6.42. The molecule has 4 aromatic rings. The molecule has 0 spiro atoms. The Balaban J connectivity index is 1.12. The van der Waals surface area contributed by atoms with E-state index in [4.69, 9.17) is 44.1 Å². The van der Waals surface area contributed by atoms with E-state index >= 15 is 0 Å². The van der Waals surface area contributed by atoms with Crippen molar-refractivity contribution in [1.29, 1.82) is 0 Å². The van der Waals surface area contributed by atoms with E-state index in [1.54, 1.807) is 17.8 Å². The minimum absolute atomic E-state index is 0.0496. The van der Waals surface area contributed by atoms with Gasteiger partial charge in [-0.1, -0.05) is 64.2 Å². The zero-order valence-corrected chi connectivity index (χ0v) is 27.2. The highest BCUT2D eigenvalue weighted by Gasteiger charge is 2.41. The zero-order valence-electron chi connectivity index (χ0n) is 24.9. The molecule has 1 amide bonds. The number of nitrogens with zero attached hydrogens (tertiary/aromatic N) is 4. The Hall–Kier alpha value is -3.34. The van der Waals surface area contributed by atoms with Gasteiger partial charge in [-0.15, -0.1) is 0 Å². The van der Waals surface area contributed by atoms with E-state index in [9.17, 15) is 4.79 Å². The Morgan fingerprint density at radius 2 is 1.93 bits per heavy atom. The minimum Gasteiger partial charge on any atom is -0.486 e. The third kappa shape index (κ3) is 6.12. The number of carbonyl (C=O) groups excluding carboxylic acids is 1. The summed E-state index contributed by atoms with van der Waals surface area (Å²) >= 11 is 19.3. The third-order valence-electron chi connectivity index (χ3n) is 8.70. The average molecular weight is 668 g/mol. The molecule has 1 saturated carbocycles. The maximum absolute atomic E-state index is 14.4. The highest BCUT2D eigenvalue weighted by Crippen LogP contribution is 2.38. The van der Waals surface area contributed by atoms with Gasteiger partial charge in [0.1, 0.15) is 23.2 Å². The lowest BCUT2D eigenvalue weighted by Gasteiger charge is -2.41. The molecular weight excluding hydrogens is 635 g/mol. The summed E-state index contributed by atoms with van der Waals surface area (Å²) in [5, 5.41) is 17.2. The van der Waals surface area contributed by atoms with Crippen LogP contribution in [-0.2, 0) is 25.0 Å². The van der Waals surface area contributed by atoms with Crippen molar-refractivity contribution >= 4 is 46.3 Å².